The van der Waals surface area contributed by atoms with Crippen LogP contribution < -0.4 is 11.1 Å². The molecule has 0 aromatic heterocycles. The lowest BCUT2D eigenvalue weighted by atomic mass is 10.1. The molecular formula is C14H10F2N2O3. The number of nitrogens with two attached hydrogens (primary N) is 1. The summed E-state index contributed by atoms with van der Waals surface area (Å²) in [6.07, 6.45) is 0. The lowest BCUT2D eigenvalue weighted by Gasteiger charge is -2.10. The first-order valence-corrected chi connectivity index (χ1v) is 5.78. The highest BCUT2D eigenvalue weighted by Gasteiger charge is 2.18. The molecule has 2 rings (SSSR count). The van der Waals surface area contributed by atoms with Crippen molar-refractivity contribution in [2.75, 3.05) is 11.1 Å². The number of carboxylic acids is 1. The lowest BCUT2D eigenvalue weighted by Crippen LogP contribution is -2.17. The van der Waals surface area contributed by atoms with Crippen molar-refractivity contribution in [1.82, 2.24) is 0 Å². The molecule has 1 amide bonds. The van der Waals surface area contributed by atoms with E-state index in [9.17, 15) is 18.4 Å². The molecule has 0 aliphatic carbocycles. The van der Waals surface area contributed by atoms with Crippen LogP contribution in [0.5, 0.6) is 0 Å². The number of halogens is 2. The van der Waals surface area contributed by atoms with Crippen molar-refractivity contribution in [3.8, 4) is 0 Å². The summed E-state index contributed by atoms with van der Waals surface area (Å²) in [7, 11) is 0. The van der Waals surface area contributed by atoms with E-state index in [1.165, 1.54) is 18.2 Å². The molecular weight excluding hydrogens is 282 g/mol. The van der Waals surface area contributed by atoms with Crippen LogP contribution in [0.3, 0.4) is 0 Å². The molecule has 0 heterocycles. The summed E-state index contributed by atoms with van der Waals surface area (Å²) in [6.45, 7) is 0. The van der Waals surface area contributed by atoms with Gasteiger partial charge in [-0.3, -0.25) is 4.79 Å². The maximum Gasteiger partial charge on any atom is 0.337 e. The summed E-state index contributed by atoms with van der Waals surface area (Å²) in [5, 5.41) is 11.3. The largest absolute Gasteiger partial charge is 0.478 e. The second kappa shape index (κ2) is 5.58. The molecule has 5 nitrogen and oxygen atoms in total. The molecule has 0 spiro atoms. The van der Waals surface area contributed by atoms with Gasteiger partial charge in [0, 0.05) is 5.69 Å². The topological polar surface area (TPSA) is 92.4 Å². The Kier molecular flexibility index (Phi) is 3.84. The molecule has 0 aliphatic heterocycles. The zero-order chi connectivity index (χ0) is 15.6. The molecule has 0 atom stereocenters. The Morgan fingerprint density at radius 3 is 2.48 bits per heavy atom. The van der Waals surface area contributed by atoms with Gasteiger partial charge >= 0.3 is 5.97 Å². The van der Waals surface area contributed by atoms with Gasteiger partial charge in [0.25, 0.3) is 5.91 Å². The van der Waals surface area contributed by atoms with Crippen LogP contribution >= 0.6 is 0 Å². The first kappa shape index (κ1) is 14.4. The Morgan fingerprint density at radius 1 is 1.10 bits per heavy atom. The third kappa shape index (κ3) is 2.97. The third-order valence-corrected chi connectivity index (χ3v) is 2.72. The highest BCUT2D eigenvalue weighted by atomic mass is 19.2. The van der Waals surface area contributed by atoms with Gasteiger partial charge in [-0.05, 0) is 30.3 Å². The third-order valence-electron chi connectivity index (χ3n) is 2.72. The van der Waals surface area contributed by atoms with Crippen LogP contribution in [0.4, 0.5) is 20.2 Å². The number of carboxylic acid groups (broad SMARTS) is 1. The Balaban J connectivity index is 2.36. The second-order valence-corrected chi connectivity index (χ2v) is 4.17. The molecule has 0 radical (unpaired) electrons. The predicted molar refractivity (Wildman–Crippen MR) is 72.1 cm³/mol. The van der Waals surface area contributed by atoms with Crippen molar-refractivity contribution in [1.29, 1.82) is 0 Å². The molecule has 0 saturated carbocycles. The number of hydrogen-bond acceptors (Lipinski definition) is 3. The zero-order valence-electron chi connectivity index (χ0n) is 10.6. The van der Waals surface area contributed by atoms with Gasteiger partial charge in [0.2, 0.25) is 0 Å². The van der Waals surface area contributed by atoms with Crippen molar-refractivity contribution in [2.45, 2.75) is 0 Å². The van der Waals surface area contributed by atoms with Gasteiger partial charge in [0.15, 0.2) is 11.6 Å². The van der Waals surface area contributed by atoms with Crippen LogP contribution in [0.1, 0.15) is 20.7 Å². The minimum atomic E-state index is -1.31. The van der Waals surface area contributed by atoms with Gasteiger partial charge in [0.05, 0.1) is 16.8 Å². The molecule has 0 saturated heterocycles. The smallest absolute Gasteiger partial charge is 0.337 e. The summed E-state index contributed by atoms with van der Waals surface area (Å²) in [6, 6.07) is 6.94. The Bertz CT molecular complexity index is 732. The van der Waals surface area contributed by atoms with Crippen molar-refractivity contribution in [2.24, 2.45) is 0 Å². The van der Waals surface area contributed by atoms with Crippen molar-refractivity contribution >= 4 is 23.3 Å². The number of nitrogens with one attached hydrogen (secondary N) is 1. The number of amides is 1. The predicted octanol–water partition coefficient (Wildman–Crippen LogP) is 2.50. The van der Waals surface area contributed by atoms with Crippen molar-refractivity contribution < 1.29 is 23.5 Å². The molecule has 0 aliphatic rings. The molecule has 7 heteroatoms. The fraction of sp³-hybridized carbons (Fsp3) is 0. The van der Waals surface area contributed by atoms with Gasteiger partial charge in [-0.15, -0.1) is 0 Å². The summed E-state index contributed by atoms with van der Waals surface area (Å²) in [5.41, 5.74) is 4.82. The maximum absolute atomic E-state index is 13.5. The zero-order valence-corrected chi connectivity index (χ0v) is 10.6. The number of carbonyl (C=O) groups is 2. The summed E-state index contributed by atoms with van der Waals surface area (Å²) >= 11 is 0. The number of rotatable bonds is 3. The van der Waals surface area contributed by atoms with E-state index in [0.29, 0.717) is 0 Å². The van der Waals surface area contributed by atoms with E-state index in [0.717, 1.165) is 18.2 Å². The lowest BCUT2D eigenvalue weighted by molar-refractivity contribution is 0.0698. The number of aromatic carboxylic acids is 1. The van der Waals surface area contributed by atoms with Crippen LogP contribution in [-0.4, -0.2) is 17.0 Å². The Hall–Kier alpha value is -2.96. The molecule has 0 fully saturated rings. The summed E-state index contributed by atoms with van der Waals surface area (Å²) in [4.78, 5) is 23.0. The summed E-state index contributed by atoms with van der Waals surface area (Å²) in [5.74, 6) is -4.74. The SMILES string of the molecule is Nc1ccc(NC(=O)c2cccc(F)c2F)c(C(=O)O)c1. The monoisotopic (exact) mass is 292 g/mol. The van der Waals surface area contributed by atoms with E-state index in [1.54, 1.807) is 0 Å². The Labute approximate surface area is 118 Å². The first-order chi connectivity index (χ1) is 9.90. The maximum atomic E-state index is 13.5. The number of carbonyl (C=O) groups excluding carboxylic acids is 1. The van der Waals surface area contributed by atoms with Gasteiger partial charge in [-0.1, -0.05) is 6.07 Å². The van der Waals surface area contributed by atoms with E-state index in [-0.39, 0.29) is 16.9 Å². The number of benzene rings is 2. The van der Waals surface area contributed by atoms with Crippen LogP contribution in [0.25, 0.3) is 0 Å². The van der Waals surface area contributed by atoms with Crippen LogP contribution in [0.15, 0.2) is 36.4 Å². The van der Waals surface area contributed by atoms with Gasteiger partial charge in [0.1, 0.15) is 0 Å². The van der Waals surface area contributed by atoms with Crippen LogP contribution in [0.2, 0.25) is 0 Å². The molecule has 2 aromatic rings. The highest BCUT2D eigenvalue weighted by Crippen LogP contribution is 2.21. The van der Waals surface area contributed by atoms with E-state index in [4.69, 9.17) is 10.8 Å². The average molecular weight is 292 g/mol. The van der Waals surface area contributed by atoms with Gasteiger partial charge in [-0.25, -0.2) is 13.6 Å². The van der Waals surface area contributed by atoms with Crippen molar-refractivity contribution in [3.05, 3.63) is 59.2 Å². The minimum Gasteiger partial charge on any atom is -0.478 e. The number of nitrogen functional groups attached to an aromatic ring is 1. The van der Waals surface area contributed by atoms with E-state index in [1.807, 2.05) is 0 Å². The molecule has 0 bridgehead atoms. The van der Waals surface area contributed by atoms with Gasteiger partial charge in [-0.2, -0.15) is 0 Å². The number of hydrogen-bond donors (Lipinski definition) is 3. The molecule has 0 unspecified atom stereocenters. The van der Waals surface area contributed by atoms with E-state index in [2.05, 4.69) is 5.32 Å². The van der Waals surface area contributed by atoms with E-state index >= 15 is 0 Å². The molecule has 4 N–H and O–H groups in total. The quantitative estimate of drug-likeness (QED) is 0.758. The highest BCUT2D eigenvalue weighted by molar-refractivity contribution is 6.08. The number of anilines is 2. The standard InChI is InChI=1S/C14H10F2N2O3/c15-10-3-1-2-8(12(10)16)13(19)18-11-5-4-7(17)6-9(11)14(20)21/h1-6H,17H2,(H,18,19)(H,20,21). The van der Waals surface area contributed by atoms with Crippen LogP contribution in [-0.2, 0) is 0 Å². The molecule has 21 heavy (non-hydrogen) atoms. The van der Waals surface area contributed by atoms with E-state index < -0.39 is 29.1 Å². The van der Waals surface area contributed by atoms with Gasteiger partial charge < -0.3 is 16.2 Å². The van der Waals surface area contributed by atoms with Crippen LogP contribution in [0, 0.1) is 11.6 Å². The first-order valence-electron chi connectivity index (χ1n) is 5.78. The fourth-order valence-electron chi connectivity index (χ4n) is 1.72. The average Bonchev–Trinajstić information content (AvgIpc) is 2.43. The Morgan fingerprint density at radius 2 is 1.81 bits per heavy atom. The fourth-order valence-corrected chi connectivity index (χ4v) is 1.72. The normalized spacial score (nSPS) is 10.2. The minimum absolute atomic E-state index is 0.0645. The van der Waals surface area contributed by atoms with Crippen molar-refractivity contribution in [3.63, 3.8) is 0 Å². The second-order valence-electron chi connectivity index (χ2n) is 4.17. The molecule has 108 valence electrons. The summed E-state index contributed by atoms with van der Waals surface area (Å²) < 4.78 is 26.6. The molecule has 2 aromatic carbocycles.